The molecular formula is C14H19BrN2O2. The predicted octanol–water partition coefficient (Wildman–Crippen LogP) is 1.79. The predicted molar refractivity (Wildman–Crippen MR) is 77.8 cm³/mol. The smallest absolute Gasteiger partial charge is 0.239 e. The number of benzene rings is 1. The zero-order valence-corrected chi connectivity index (χ0v) is 12.6. The molecule has 1 N–H and O–H groups in total. The van der Waals surface area contributed by atoms with E-state index in [1.165, 1.54) is 5.56 Å². The minimum absolute atomic E-state index is 0.0530. The molecule has 1 aromatic rings. The van der Waals surface area contributed by atoms with Crippen LogP contribution in [0.1, 0.15) is 12.5 Å². The van der Waals surface area contributed by atoms with E-state index in [2.05, 4.69) is 38.3 Å². The zero-order valence-electron chi connectivity index (χ0n) is 11.1. The van der Waals surface area contributed by atoms with Crippen LogP contribution in [0.5, 0.6) is 0 Å². The van der Waals surface area contributed by atoms with E-state index in [0.717, 1.165) is 17.6 Å². The van der Waals surface area contributed by atoms with E-state index in [-0.39, 0.29) is 11.9 Å². The Kier molecular flexibility index (Phi) is 5.36. The van der Waals surface area contributed by atoms with Crippen LogP contribution in [0.3, 0.4) is 0 Å². The molecular weight excluding hydrogens is 308 g/mol. The largest absolute Gasteiger partial charge is 0.378 e. The molecule has 1 fully saturated rings. The molecule has 0 saturated carbocycles. The molecule has 4 nitrogen and oxygen atoms in total. The van der Waals surface area contributed by atoms with Crippen LogP contribution in [0.4, 0.5) is 0 Å². The fourth-order valence-corrected chi connectivity index (χ4v) is 2.68. The Morgan fingerprint density at radius 2 is 2.42 bits per heavy atom. The fourth-order valence-electron chi connectivity index (χ4n) is 2.23. The van der Waals surface area contributed by atoms with Crippen LogP contribution >= 0.6 is 15.9 Å². The van der Waals surface area contributed by atoms with Gasteiger partial charge in [-0.15, -0.1) is 0 Å². The van der Waals surface area contributed by atoms with Crippen LogP contribution in [0.15, 0.2) is 28.7 Å². The molecule has 0 aromatic heterocycles. The Labute approximate surface area is 122 Å². The van der Waals surface area contributed by atoms with Crippen molar-refractivity contribution < 1.29 is 9.53 Å². The van der Waals surface area contributed by atoms with Gasteiger partial charge in [0.15, 0.2) is 0 Å². The van der Waals surface area contributed by atoms with Crippen LogP contribution in [-0.4, -0.2) is 43.2 Å². The Morgan fingerprint density at radius 1 is 1.58 bits per heavy atom. The van der Waals surface area contributed by atoms with Gasteiger partial charge in [-0.2, -0.15) is 0 Å². The van der Waals surface area contributed by atoms with Gasteiger partial charge >= 0.3 is 0 Å². The normalized spacial score (nSPS) is 20.2. The average Bonchev–Trinajstić information content (AvgIpc) is 2.39. The lowest BCUT2D eigenvalue weighted by Gasteiger charge is -2.34. The van der Waals surface area contributed by atoms with Gasteiger partial charge in [0.25, 0.3) is 0 Å². The minimum Gasteiger partial charge on any atom is -0.378 e. The average molecular weight is 327 g/mol. The van der Waals surface area contributed by atoms with E-state index in [0.29, 0.717) is 19.8 Å². The first kappa shape index (κ1) is 14.5. The second kappa shape index (κ2) is 7.03. The second-order valence-corrected chi connectivity index (χ2v) is 5.50. The number of carbonyl (C=O) groups is 1. The zero-order chi connectivity index (χ0) is 13.7. The first-order valence-corrected chi connectivity index (χ1v) is 7.34. The molecule has 0 bridgehead atoms. The monoisotopic (exact) mass is 326 g/mol. The molecule has 104 valence electrons. The number of hydrogen-bond donors (Lipinski definition) is 1. The summed E-state index contributed by atoms with van der Waals surface area (Å²) in [5, 5.41) is 2.87. The second-order valence-electron chi connectivity index (χ2n) is 4.59. The summed E-state index contributed by atoms with van der Waals surface area (Å²) in [5.74, 6) is 0.0530. The van der Waals surface area contributed by atoms with Gasteiger partial charge in [-0.25, -0.2) is 0 Å². The molecule has 1 heterocycles. The van der Waals surface area contributed by atoms with Crippen molar-refractivity contribution in [2.75, 3.05) is 26.3 Å². The van der Waals surface area contributed by atoms with E-state index in [9.17, 15) is 4.79 Å². The molecule has 19 heavy (non-hydrogen) atoms. The van der Waals surface area contributed by atoms with E-state index < -0.39 is 0 Å². The van der Waals surface area contributed by atoms with Gasteiger partial charge in [-0.1, -0.05) is 28.1 Å². The maximum atomic E-state index is 12.0. The first-order valence-electron chi connectivity index (χ1n) is 6.54. The molecule has 0 aliphatic carbocycles. The van der Waals surface area contributed by atoms with Gasteiger partial charge in [-0.3, -0.25) is 9.69 Å². The number of ether oxygens (including phenoxy) is 1. The Balaban J connectivity index is 2.05. The SMILES string of the molecule is CCNC(=O)C1COCCN1Cc1cccc(Br)c1. The molecule has 1 aliphatic rings. The van der Waals surface area contributed by atoms with Crippen molar-refractivity contribution in [2.45, 2.75) is 19.5 Å². The van der Waals surface area contributed by atoms with Gasteiger partial charge in [0.05, 0.1) is 13.2 Å². The highest BCUT2D eigenvalue weighted by Crippen LogP contribution is 2.16. The summed E-state index contributed by atoms with van der Waals surface area (Å²) in [4.78, 5) is 14.2. The van der Waals surface area contributed by atoms with Crippen LogP contribution in [0, 0.1) is 0 Å². The van der Waals surface area contributed by atoms with Crippen LogP contribution in [0.2, 0.25) is 0 Å². The number of hydrogen-bond acceptors (Lipinski definition) is 3. The van der Waals surface area contributed by atoms with Gasteiger partial charge < -0.3 is 10.1 Å². The van der Waals surface area contributed by atoms with Gasteiger partial charge in [-0.05, 0) is 24.6 Å². The lowest BCUT2D eigenvalue weighted by atomic mass is 10.1. The van der Waals surface area contributed by atoms with Crippen molar-refractivity contribution in [3.63, 3.8) is 0 Å². The lowest BCUT2D eigenvalue weighted by molar-refractivity contribution is -0.132. The molecule has 0 radical (unpaired) electrons. The number of nitrogens with one attached hydrogen (secondary N) is 1. The third-order valence-corrected chi connectivity index (χ3v) is 3.66. The molecule has 1 unspecified atom stereocenters. The Morgan fingerprint density at radius 3 is 3.16 bits per heavy atom. The highest BCUT2D eigenvalue weighted by Gasteiger charge is 2.28. The van der Waals surface area contributed by atoms with Crippen LogP contribution in [0.25, 0.3) is 0 Å². The van der Waals surface area contributed by atoms with Crippen molar-refractivity contribution in [2.24, 2.45) is 0 Å². The summed E-state index contributed by atoms with van der Waals surface area (Å²) in [7, 11) is 0. The maximum absolute atomic E-state index is 12.0. The molecule has 5 heteroatoms. The van der Waals surface area contributed by atoms with E-state index in [4.69, 9.17) is 4.74 Å². The molecule has 1 saturated heterocycles. The summed E-state index contributed by atoms with van der Waals surface area (Å²) in [5.41, 5.74) is 1.20. The van der Waals surface area contributed by atoms with Crippen molar-refractivity contribution in [1.29, 1.82) is 0 Å². The van der Waals surface area contributed by atoms with Crippen molar-refractivity contribution >= 4 is 21.8 Å². The number of halogens is 1. The number of nitrogens with zero attached hydrogens (tertiary/aromatic N) is 1. The molecule has 0 spiro atoms. The number of morpholine rings is 1. The molecule has 1 amide bonds. The highest BCUT2D eigenvalue weighted by atomic mass is 79.9. The van der Waals surface area contributed by atoms with Crippen molar-refractivity contribution in [1.82, 2.24) is 10.2 Å². The van der Waals surface area contributed by atoms with Gasteiger partial charge in [0, 0.05) is 24.1 Å². The van der Waals surface area contributed by atoms with E-state index >= 15 is 0 Å². The molecule has 2 rings (SSSR count). The summed E-state index contributed by atoms with van der Waals surface area (Å²) < 4.78 is 6.49. The third kappa shape index (κ3) is 4.03. The van der Waals surface area contributed by atoms with Crippen LogP contribution in [-0.2, 0) is 16.1 Å². The number of likely N-dealkylation sites (N-methyl/N-ethyl adjacent to an activating group) is 1. The highest BCUT2D eigenvalue weighted by molar-refractivity contribution is 9.10. The first-order chi connectivity index (χ1) is 9.20. The minimum atomic E-state index is -0.187. The van der Waals surface area contributed by atoms with Crippen molar-refractivity contribution in [3.05, 3.63) is 34.3 Å². The molecule has 1 aliphatic heterocycles. The molecule has 1 aromatic carbocycles. The number of carbonyl (C=O) groups excluding carboxylic acids is 1. The topological polar surface area (TPSA) is 41.6 Å². The standard InChI is InChI=1S/C14H19BrN2O2/c1-2-16-14(18)13-10-19-7-6-17(13)9-11-4-3-5-12(15)8-11/h3-5,8,13H,2,6-7,9-10H2,1H3,(H,16,18). The maximum Gasteiger partial charge on any atom is 0.239 e. The summed E-state index contributed by atoms with van der Waals surface area (Å²) >= 11 is 3.47. The summed E-state index contributed by atoms with van der Waals surface area (Å²) in [6, 6.07) is 8.00. The van der Waals surface area contributed by atoms with E-state index in [1.807, 2.05) is 19.1 Å². The Bertz CT molecular complexity index is 439. The lowest BCUT2D eigenvalue weighted by Crippen LogP contribution is -2.53. The third-order valence-electron chi connectivity index (χ3n) is 3.17. The van der Waals surface area contributed by atoms with Gasteiger partial charge in [0.2, 0.25) is 5.91 Å². The van der Waals surface area contributed by atoms with Gasteiger partial charge in [0.1, 0.15) is 6.04 Å². The summed E-state index contributed by atoms with van der Waals surface area (Å²) in [6.45, 7) is 5.29. The van der Waals surface area contributed by atoms with E-state index in [1.54, 1.807) is 0 Å². The number of amides is 1. The quantitative estimate of drug-likeness (QED) is 0.917. The number of rotatable bonds is 4. The van der Waals surface area contributed by atoms with Crippen LogP contribution < -0.4 is 5.32 Å². The Hall–Kier alpha value is -0.910. The summed E-state index contributed by atoms with van der Waals surface area (Å²) in [6.07, 6.45) is 0. The molecule has 1 atom stereocenters. The fraction of sp³-hybridized carbons (Fsp3) is 0.500. The van der Waals surface area contributed by atoms with Crippen molar-refractivity contribution in [3.8, 4) is 0 Å².